The molecule has 1 aromatic carbocycles. The Kier molecular flexibility index (Phi) is 8.59. The van der Waals surface area contributed by atoms with E-state index in [2.05, 4.69) is 21.2 Å². The van der Waals surface area contributed by atoms with Gasteiger partial charge in [-0.25, -0.2) is 5.43 Å². The minimum Gasteiger partial charge on any atom is -0.383 e. The number of nitrogens with zero attached hydrogens (tertiary/aromatic N) is 1. The van der Waals surface area contributed by atoms with Gasteiger partial charge in [-0.05, 0) is 31.5 Å². The fourth-order valence-electron chi connectivity index (χ4n) is 1.69. The van der Waals surface area contributed by atoms with Crippen molar-refractivity contribution >= 4 is 40.7 Å². The molecule has 0 aromatic heterocycles. The van der Waals surface area contributed by atoms with Crippen molar-refractivity contribution in [1.29, 1.82) is 0 Å². The Hall–Kier alpha value is -2.45. The van der Waals surface area contributed by atoms with Crippen LogP contribution in [0.1, 0.15) is 18.9 Å². The van der Waals surface area contributed by atoms with Crippen LogP contribution in [0.4, 0.5) is 5.69 Å². The summed E-state index contributed by atoms with van der Waals surface area (Å²) in [6.45, 7) is 3.93. The van der Waals surface area contributed by atoms with Crippen molar-refractivity contribution in [2.45, 2.75) is 20.3 Å². The molecular weight excluding hydrogens is 348 g/mol. The predicted molar refractivity (Wildman–Crippen MR) is 95.6 cm³/mol. The monoisotopic (exact) mass is 368 g/mol. The van der Waals surface area contributed by atoms with Crippen LogP contribution in [0.5, 0.6) is 0 Å². The summed E-state index contributed by atoms with van der Waals surface area (Å²) in [5, 5.41) is 9.30. The van der Waals surface area contributed by atoms with Gasteiger partial charge in [-0.15, -0.1) is 0 Å². The largest absolute Gasteiger partial charge is 0.383 e. The van der Waals surface area contributed by atoms with Crippen molar-refractivity contribution in [1.82, 2.24) is 10.7 Å². The van der Waals surface area contributed by atoms with E-state index in [4.69, 9.17) is 16.3 Å². The van der Waals surface area contributed by atoms with Crippen molar-refractivity contribution < 1.29 is 19.1 Å². The number of halogens is 1. The summed E-state index contributed by atoms with van der Waals surface area (Å²) in [5.74, 6) is -2.06. The Bertz CT molecular complexity index is 676. The van der Waals surface area contributed by atoms with Crippen LogP contribution in [0.2, 0.25) is 5.02 Å². The molecule has 0 radical (unpaired) electrons. The van der Waals surface area contributed by atoms with Crippen LogP contribution in [-0.2, 0) is 19.1 Å². The number of benzene rings is 1. The van der Waals surface area contributed by atoms with Crippen LogP contribution in [0.3, 0.4) is 0 Å². The molecule has 0 fully saturated rings. The van der Waals surface area contributed by atoms with Gasteiger partial charge in [0.15, 0.2) is 0 Å². The fraction of sp³-hybridized carbons (Fsp3) is 0.375. The van der Waals surface area contributed by atoms with Gasteiger partial charge < -0.3 is 15.4 Å². The molecule has 0 spiro atoms. The molecule has 3 N–H and O–H groups in total. The van der Waals surface area contributed by atoms with E-state index in [9.17, 15) is 14.4 Å². The number of hydrogen-bond donors (Lipinski definition) is 3. The second-order valence-electron chi connectivity index (χ2n) is 5.23. The number of aryl methyl sites for hydroxylation is 1. The van der Waals surface area contributed by atoms with Gasteiger partial charge in [0, 0.05) is 30.1 Å². The highest BCUT2D eigenvalue weighted by atomic mass is 35.5. The molecule has 25 heavy (non-hydrogen) atoms. The predicted octanol–water partition coefficient (Wildman–Crippen LogP) is 1.23. The molecule has 0 atom stereocenters. The lowest BCUT2D eigenvalue weighted by atomic mass is 10.2. The van der Waals surface area contributed by atoms with Crippen molar-refractivity contribution in [3.63, 3.8) is 0 Å². The maximum atomic E-state index is 11.9. The quantitative estimate of drug-likeness (QED) is 0.291. The number of methoxy groups -OCH3 is 1. The summed E-state index contributed by atoms with van der Waals surface area (Å²) in [6.07, 6.45) is -0.0446. The number of rotatable bonds is 7. The van der Waals surface area contributed by atoms with E-state index in [-0.39, 0.29) is 18.9 Å². The Morgan fingerprint density at radius 3 is 2.60 bits per heavy atom. The first kappa shape index (κ1) is 20.6. The van der Waals surface area contributed by atoms with E-state index < -0.39 is 11.8 Å². The third-order valence-corrected chi connectivity index (χ3v) is 3.43. The van der Waals surface area contributed by atoms with Gasteiger partial charge in [0.25, 0.3) is 0 Å². The minimum atomic E-state index is -0.916. The van der Waals surface area contributed by atoms with Gasteiger partial charge >= 0.3 is 11.8 Å². The molecule has 0 bridgehead atoms. The number of carbonyl (C=O) groups excluding carboxylic acids is 3. The Balaban J connectivity index is 2.45. The molecule has 0 aliphatic rings. The van der Waals surface area contributed by atoms with Crippen molar-refractivity contribution in [2.75, 3.05) is 25.6 Å². The summed E-state index contributed by atoms with van der Waals surface area (Å²) in [6, 6.07) is 5.17. The van der Waals surface area contributed by atoms with Gasteiger partial charge in [0.05, 0.1) is 13.0 Å². The molecule has 0 heterocycles. The highest BCUT2D eigenvalue weighted by molar-refractivity contribution is 6.35. The number of nitrogens with one attached hydrogen (secondary N) is 3. The van der Waals surface area contributed by atoms with Crippen LogP contribution in [0.25, 0.3) is 0 Å². The summed E-state index contributed by atoms with van der Waals surface area (Å²) in [5.41, 5.74) is 3.90. The average Bonchev–Trinajstić information content (AvgIpc) is 2.56. The number of anilines is 1. The van der Waals surface area contributed by atoms with Crippen LogP contribution in [-0.4, -0.2) is 43.7 Å². The highest BCUT2D eigenvalue weighted by Gasteiger charge is 2.12. The molecule has 0 unspecified atom stereocenters. The maximum absolute atomic E-state index is 11.9. The minimum absolute atomic E-state index is 0.0446. The van der Waals surface area contributed by atoms with E-state index in [0.717, 1.165) is 5.56 Å². The fourth-order valence-corrected chi connectivity index (χ4v) is 1.87. The number of carbonyl (C=O) groups is 3. The summed E-state index contributed by atoms with van der Waals surface area (Å²) in [4.78, 5) is 34.8. The van der Waals surface area contributed by atoms with E-state index >= 15 is 0 Å². The molecule has 0 saturated carbocycles. The lowest BCUT2D eigenvalue weighted by Gasteiger charge is -2.07. The first-order valence-electron chi connectivity index (χ1n) is 7.49. The molecule has 0 aliphatic heterocycles. The number of hydrogen-bond acceptors (Lipinski definition) is 5. The second-order valence-corrected chi connectivity index (χ2v) is 5.63. The molecule has 1 rings (SSSR count). The molecule has 0 aliphatic carbocycles. The number of amides is 3. The van der Waals surface area contributed by atoms with Gasteiger partial charge in [0.2, 0.25) is 5.91 Å². The Morgan fingerprint density at radius 1 is 1.24 bits per heavy atom. The molecule has 8 nitrogen and oxygen atoms in total. The zero-order valence-electron chi connectivity index (χ0n) is 14.3. The van der Waals surface area contributed by atoms with Gasteiger partial charge in [-0.1, -0.05) is 17.7 Å². The van der Waals surface area contributed by atoms with Gasteiger partial charge in [-0.2, -0.15) is 5.10 Å². The van der Waals surface area contributed by atoms with Crippen molar-refractivity contribution in [3.05, 3.63) is 28.8 Å². The standard InChI is InChI=1S/C16H21ClN4O4/c1-10-4-5-12(9-13(10)17)19-14(22)8-11(2)20-21-16(24)15(23)18-6-7-25-3/h4-5,9H,6-8H2,1-3H3,(H,18,23)(H,19,22)(H,21,24). The lowest BCUT2D eigenvalue weighted by molar-refractivity contribution is -0.139. The highest BCUT2D eigenvalue weighted by Crippen LogP contribution is 2.19. The van der Waals surface area contributed by atoms with Crippen molar-refractivity contribution in [3.8, 4) is 0 Å². The van der Waals surface area contributed by atoms with Gasteiger partial charge in [-0.3, -0.25) is 14.4 Å². The third kappa shape index (κ3) is 7.77. The topological polar surface area (TPSA) is 109 Å². The first-order chi connectivity index (χ1) is 11.8. The number of hydrazone groups is 1. The normalized spacial score (nSPS) is 11.0. The SMILES string of the molecule is COCCNC(=O)C(=O)NN=C(C)CC(=O)Nc1ccc(C)c(Cl)c1. The van der Waals surface area contributed by atoms with Crippen LogP contribution in [0.15, 0.2) is 23.3 Å². The van der Waals surface area contributed by atoms with E-state index in [1.807, 2.05) is 6.92 Å². The number of ether oxygens (including phenoxy) is 1. The second kappa shape index (κ2) is 10.4. The molecule has 136 valence electrons. The smallest absolute Gasteiger partial charge is 0.329 e. The van der Waals surface area contributed by atoms with Gasteiger partial charge in [0.1, 0.15) is 0 Å². The van der Waals surface area contributed by atoms with Crippen LogP contribution in [0, 0.1) is 6.92 Å². The van der Waals surface area contributed by atoms with Crippen molar-refractivity contribution in [2.24, 2.45) is 5.10 Å². The van der Waals surface area contributed by atoms with E-state index in [1.54, 1.807) is 25.1 Å². The zero-order valence-corrected chi connectivity index (χ0v) is 15.1. The molecule has 3 amide bonds. The third-order valence-electron chi connectivity index (χ3n) is 3.02. The van der Waals surface area contributed by atoms with E-state index in [0.29, 0.717) is 23.0 Å². The molecule has 9 heteroatoms. The molecular formula is C16H21ClN4O4. The summed E-state index contributed by atoms with van der Waals surface area (Å²) in [7, 11) is 1.48. The molecule has 1 aromatic rings. The molecule has 0 saturated heterocycles. The summed E-state index contributed by atoms with van der Waals surface area (Å²) >= 11 is 5.99. The maximum Gasteiger partial charge on any atom is 0.329 e. The lowest BCUT2D eigenvalue weighted by Crippen LogP contribution is -2.39. The Morgan fingerprint density at radius 2 is 1.96 bits per heavy atom. The van der Waals surface area contributed by atoms with E-state index in [1.165, 1.54) is 7.11 Å². The Labute approximate surface area is 150 Å². The average molecular weight is 369 g/mol. The first-order valence-corrected chi connectivity index (χ1v) is 7.87. The zero-order chi connectivity index (χ0) is 18.8. The van der Waals surface area contributed by atoms with Crippen LogP contribution >= 0.6 is 11.6 Å². The van der Waals surface area contributed by atoms with Crippen LogP contribution < -0.4 is 16.1 Å². The summed E-state index contributed by atoms with van der Waals surface area (Å²) < 4.78 is 4.75.